The molecule has 0 aromatic heterocycles. The highest BCUT2D eigenvalue weighted by molar-refractivity contribution is 7.92. The average molecular weight is 499 g/mol. The number of para-hydroxylation sites is 1. The largest absolute Gasteiger partial charge is 0.494 e. The van der Waals surface area contributed by atoms with Gasteiger partial charge in [0.15, 0.2) is 11.5 Å². The number of amides is 1. The highest BCUT2D eigenvalue weighted by atomic mass is 32.2. The molecule has 3 aromatic rings. The maximum atomic E-state index is 13.7. The molecule has 0 aliphatic carbocycles. The quantitative estimate of drug-likeness (QED) is 0.431. The van der Waals surface area contributed by atoms with Gasteiger partial charge in [-0.3, -0.25) is 9.10 Å². The lowest BCUT2D eigenvalue weighted by atomic mass is 10.2. The van der Waals surface area contributed by atoms with Gasteiger partial charge >= 0.3 is 0 Å². The minimum absolute atomic E-state index is 0.0229. The molecule has 0 fully saturated rings. The third kappa shape index (κ3) is 6.24. The van der Waals surface area contributed by atoms with Gasteiger partial charge < -0.3 is 19.5 Å². The summed E-state index contributed by atoms with van der Waals surface area (Å²) in [5, 5.41) is 2.80. The maximum absolute atomic E-state index is 13.7. The second-order valence-electron chi connectivity index (χ2n) is 7.68. The van der Waals surface area contributed by atoms with Crippen molar-refractivity contribution in [2.75, 3.05) is 31.7 Å². The summed E-state index contributed by atoms with van der Waals surface area (Å²) in [5.41, 5.74) is 2.14. The van der Waals surface area contributed by atoms with Crippen molar-refractivity contribution in [3.8, 4) is 17.2 Å². The molecule has 8 nitrogen and oxygen atoms in total. The van der Waals surface area contributed by atoms with Crippen molar-refractivity contribution in [1.29, 1.82) is 0 Å². The smallest absolute Gasteiger partial charge is 0.264 e. The fraction of sp³-hybridized carbons (Fsp3) is 0.269. The summed E-state index contributed by atoms with van der Waals surface area (Å²) in [4.78, 5) is 12.9. The van der Waals surface area contributed by atoms with Gasteiger partial charge in [-0.15, -0.1) is 0 Å². The molecule has 3 rings (SSSR count). The van der Waals surface area contributed by atoms with Crippen LogP contribution < -0.4 is 23.8 Å². The van der Waals surface area contributed by atoms with Crippen molar-refractivity contribution in [1.82, 2.24) is 5.32 Å². The second kappa shape index (κ2) is 11.6. The van der Waals surface area contributed by atoms with Crippen LogP contribution in [0.2, 0.25) is 0 Å². The van der Waals surface area contributed by atoms with Gasteiger partial charge in [0, 0.05) is 18.2 Å². The van der Waals surface area contributed by atoms with Crippen LogP contribution in [0, 0.1) is 6.92 Å². The van der Waals surface area contributed by atoms with E-state index >= 15 is 0 Å². The average Bonchev–Trinajstić information content (AvgIpc) is 2.87. The number of nitrogens with zero attached hydrogens (tertiary/aromatic N) is 1. The fourth-order valence-corrected chi connectivity index (χ4v) is 4.89. The Bertz CT molecular complexity index is 1260. The molecule has 0 radical (unpaired) electrons. The Balaban J connectivity index is 1.89. The Hall–Kier alpha value is -3.72. The Labute approximate surface area is 206 Å². The summed E-state index contributed by atoms with van der Waals surface area (Å²) in [5.74, 6) is 0.887. The number of carbonyl (C=O) groups is 1. The van der Waals surface area contributed by atoms with Gasteiger partial charge in [0.25, 0.3) is 10.0 Å². The maximum Gasteiger partial charge on any atom is 0.264 e. The van der Waals surface area contributed by atoms with Crippen LogP contribution in [0.1, 0.15) is 18.1 Å². The minimum Gasteiger partial charge on any atom is -0.494 e. The summed E-state index contributed by atoms with van der Waals surface area (Å²) in [6, 6.07) is 18.6. The predicted octanol–water partition coefficient (Wildman–Crippen LogP) is 3.92. The third-order valence-electron chi connectivity index (χ3n) is 5.30. The zero-order valence-corrected chi connectivity index (χ0v) is 21.1. The minimum atomic E-state index is -4.11. The van der Waals surface area contributed by atoms with E-state index in [-0.39, 0.29) is 17.2 Å². The molecule has 0 atom stereocenters. The van der Waals surface area contributed by atoms with E-state index in [2.05, 4.69) is 5.32 Å². The number of nitrogens with one attached hydrogen (secondary N) is 1. The van der Waals surface area contributed by atoms with Crippen LogP contribution in [0.25, 0.3) is 0 Å². The summed E-state index contributed by atoms with van der Waals surface area (Å²) >= 11 is 0. The molecule has 0 heterocycles. The Morgan fingerprint density at radius 2 is 1.60 bits per heavy atom. The van der Waals surface area contributed by atoms with E-state index in [1.165, 1.54) is 32.4 Å². The van der Waals surface area contributed by atoms with E-state index in [4.69, 9.17) is 14.2 Å². The Kier molecular flexibility index (Phi) is 8.59. The molecule has 9 heteroatoms. The molecule has 0 bridgehead atoms. The van der Waals surface area contributed by atoms with Crippen LogP contribution >= 0.6 is 0 Å². The highest BCUT2D eigenvalue weighted by Crippen LogP contribution is 2.32. The first-order chi connectivity index (χ1) is 16.8. The van der Waals surface area contributed by atoms with Crippen LogP contribution in [-0.4, -0.2) is 41.7 Å². The first-order valence-electron chi connectivity index (χ1n) is 11.1. The zero-order valence-electron chi connectivity index (χ0n) is 20.3. The fourth-order valence-electron chi connectivity index (χ4n) is 3.46. The molecule has 0 aliphatic rings. The molecule has 0 unspecified atom stereocenters. The van der Waals surface area contributed by atoms with Crippen molar-refractivity contribution in [3.05, 3.63) is 77.9 Å². The van der Waals surface area contributed by atoms with E-state index in [1.807, 2.05) is 38.1 Å². The molecule has 3 aromatic carbocycles. The number of methoxy groups -OCH3 is 2. The molecule has 0 saturated carbocycles. The van der Waals surface area contributed by atoms with Crippen molar-refractivity contribution in [3.63, 3.8) is 0 Å². The molecular weight excluding hydrogens is 468 g/mol. The number of sulfonamides is 1. The van der Waals surface area contributed by atoms with Gasteiger partial charge in [-0.25, -0.2) is 8.42 Å². The van der Waals surface area contributed by atoms with Crippen molar-refractivity contribution < 1.29 is 27.4 Å². The van der Waals surface area contributed by atoms with E-state index in [1.54, 1.807) is 24.3 Å². The molecule has 0 spiro atoms. The van der Waals surface area contributed by atoms with Gasteiger partial charge in [0.05, 0.1) is 31.4 Å². The summed E-state index contributed by atoms with van der Waals surface area (Å²) in [6.07, 6.45) is 0. The number of aryl methyl sites for hydroxylation is 1. The van der Waals surface area contributed by atoms with Crippen LogP contribution in [0.4, 0.5) is 5.69 Å². The Morgan fingerprint density at radius 1 is 0.914 bits per heavy atom. The lowest BCUT2D eigenvalue weighted by molar-refractivity contribution is -0.119. The van der Waals surface area contributed by atoms with Gasteiger partial charge in [0.1, 0.15) is 12.3 Å². The summed E-state index contributed by atoms with van der Waals surface area (Å²) < 4.78 is 44.5. The van der Waals surface area contributed by atoms with E-state index in [0.29, 0.717) is 23.8 Å². The number of ether oxygens (including phenoxy) is 3. The highest BCUT2D eigenvalue weighted by Gasteiger charge is 2.28. The van der Waals surface area contributed by atoms with E-state index in [9.17, 15) is 13.2 Å². The predicted molar refractivity (Wildman–Crippen MR) is 135 cm³/mol. The number of rotatable bonds is 11. The lowest BCUT2D eigenvalue weighted by Crippen LogP contribution is -2.40. The van der Waals surface area contributed by atoms with Crippen molar-refractivity contribution in [2.45, 2.75) is 25.3 Å². The number of anilines is 1. The summed E-state index contributed by atoms with van der Waals surface area (Å²) in [7, 11) is -1.21. The van der Waals surface area contributed by atoms with Gasteiger partial charge in [-0.05, 0) is 44.2 Å². The van der Waals surface area contributed by atoms with Crippen LogP contribution in [0.15, 0.2) is 71.6 Å². The van der Waals surface area contributed by atoms with Crippen LogP contribution in [-0.2, 0) is 21.4 Å². The van der Waals surface area contributed by atoms with E-state index < -0.39 is 22.5 Å². The molecule has 186 valence electrons. The van der Waals surface area contributed by atoms with E-state index in [0.717, 1.165) is 15.4 Å². The number of benzene rings is 3. The molecule has 0 aliphatic heterocycles. The number of hydrogen-bond donors (Lipinski definition) is 1. The standard InChI is InChI=1S/C26H30N2O6S/c1-5-34-23-9-7-6-8-20(23)17-27-26(29)18-28(21-12-10-19(2)11-13-21)35(30,31)22-14-15-24(32-3)25(16-22)33-4/h6-16H,5,17-18H2,1-4H3,(H,27,29). The number of carbonyl (C=O) groups excluding carboxylic acids is 1. The molecule has 0 saturated heterocycles. The first kappa shape index (κ1) is 25.9. The zero-order chi connectivity index (χ0) is 25.4. The first-order valence-corrected chi connectivity index (χ1v) is 12.5. The molecular formula is C26H30N2O6S. The normalized spacial score (nSPS) is 11.0. The SMILES string of the molecule is CCOc1ccccc1CNC(=O)CN(c1ccc(C)cc1)S(=O)(=O)c1ccc(OC)c(OC)c1. The number of hydrogen-bond acceptors (Lipinski definition) is 6. The van der Waals surface area contributed by atoms with Gasteiger partial charge in [0.2, 0.25) is 5.91 Å². The monoisotopic (exact) mass is 498 g/mol. The second-order valence-corrected chi connectivity index (χ2v) is 9.54. The third-order valence-corrected chi connectivity index (χ3v) is 7.07. The topological polar surface area (TPSA) is 94.2 Å². The van der Waals surface area contributed by atoms with Gasteiger partial charge in [-0.2, -0.15) is 0 Å². The van der Waals surface area contributed by atoms with Crippen LogP contribution in [0.5, 0.6) is 17.2 Å². The molecule has 35 heavy (non-hydrogen) atoms. The molecule has 1 amide bonds. The van der Waals surface area contributed by atoms with Crippen LogP contribution in [0.3, 0.4) is 0 Å². The summed E-state index contributed by atoms with van der Waals surface area (Å²) in [6.45, 7) is 4.08. The van der Waals surface area contributed by atoms with Crippen molar-refractivity contribution in [2.24, 2.45) is 0 Å². The lowest BCUT2D eigenvalue weighted by Gasteiger charge is -2.25. The molecule has 1 N–H and O–H groups in total. The van der Waals surface area contributed by atoms with Gasteiger partial charge in [-0.1, -0.05) is 35.9 Å². The Morgan fingerprint density at radius 3 is 2.26 bits per heavy atom. The van der Waals surface area contributed by atoms with Crippen molar-refractivity contribution >= 4 is 21.6 Å².